The molecule has 11 nitrogen and oxygen atoms in total. The number of primary amides is 1. The van der Waals surface area contributed by atoms with Crippen molar-refractivity contribution in [2.45, 2.75) is 25.3 Å². The third kappa shape index (κ3) is 4.60. The number of para-hydroxylation sites is 1. The molecular formula is C18H23N5O6S. The largest absolute Gasteiger partial charge is 0.469 e. The summed E-state index contributed by atoms with van der Waals surface area (Å²) in [5.74, 6) is -2.35. The molecule has 2 aliphatic rings. The van der Waals surface area contributed by atoms with Crippen LogP contribution in [0.2, 0.25) is 0 Å². The molecule has 12 heteroatoms. The predicted octanol–water partition coefficient (Wildman–Crippen LogP) is -0.647. The molecule has 1 aromatic carbocycles. The van der Waals surface area contributed by atoms with Crippen molar-refractivity contribution < 1.29 is 27.5 Å². The van der Waals surface area contributed by atoms with E-state index in [1.807, 2.05) is 4.72 Å². The molecule has 0 aromatic heterocycles. The highest BCUT2D eigenvalue weighted by Crippen LogP contribution is 2.25. The number of methoxy groups -OCH3 is 1. The van der Waals surface area contributed by atoms with Crippen molar-refractivity contribution in [3.63, 3.8) is 0 Å². The second-order valence-corrected chi connectivity index (χ2v) is 8.65. The highest BCUT2D eigenvalue weighted by atomic mass is 32.2. The number of rotatable bonds is 6. The molecular weight excluding hydrogens is 414 g/mol. The van der Waals surface area contributed by atoms with Crippen LogP contribution in [0.4, 0.5) is 5.69 Å². The van der Waals surface area contributed by atoms with Crippen LogP contribution >= 0.6 is 0 Å². The topological polar surface area (TPSA) is 151 Å². The summed E-state index contributed by atoms with van der Waals surface area (Å²) >= 11 is 0. The standard InChI is InChI=1S/C18H23N5O6S/c1-29-18(26)12-7-9-22(10-8-12)30(27,28)21-17(25)14-11-15(16(19)24)23(20-14)13-5-3-2-4-6-13/h2-6,12,15H,7-11H2,1H3,(H2,19,24)(H,21,25). The first-order chi connectivity index (χ1) is 14.2. The number of esters is 1. The molecule has 1 fully saturated rings. The molecule has 1 aromatic rings. The van der Waals surface area contributed by atoms with Crippen molar-refractivity contribution in [2.75, 3.05) is 25.2 Å². The zero-order chi connectivity index (χ0) is 21.9. The van der Waals surface area contributed by atoms with E-state index in [0.717, 1.165) is 4.31 Å². The molecule has 0 aliphatic carbocycles. The Morgan fingerprint density at radius 3 is 2.37 bits per heavy atom. The molecule has 30 heavy (non-hydrogen) atoms. The molecule has 1 saturated heterocycles. The lowest BCUT2D eigenvalue weighted by Gasteiger charge is -2.29. The third-order valence-corrected chi connectivity index (χ3v) is 6.56. The number of hydrogen-bond acceptors (Lipinski definition) is 8. The van der Waals surface area contributed by atoms with Crippen LogP contribution in [0.3, 0.4) is 0 Å². The van der Waals surface area contributed by atoms with Gasteiger partial charge in [-0.2, -0.15) is 17.8 Å². The SMILES string of the molecule is COC(=O)C1CCN(S(=O)(=O)NC(=O)C2=NN(c3ccccc3)C(C(N)=O)C2)CC1. The summed E-state index contributed by atoms with van der Waals surface area (Å²) in [6, 6.07) is 7.76. The number of ether oxygens (including phenoxy) is 1. The number of anilines is 1. The minimum absolute atomic E-state index is 0.0783. The monoisotopic (exact) mass is 437 g/mol. The van der Waals surface area contributed by atoms with E-state index in [1.165, 1.54) is 12.1 Å². The Balaban J connectivity index is 1.69. The normalized spacial score (nSPS) is 20.5. The van der Waals surface area contributed by atoms with Crippen LogP contribution in [0.1, 0.15) is 19.3 Å². The van der Waals surface area contributed by atoms with Gasteiger partial charge in [0.05, 0.1) is 18.7 Å². The summed E-state index contributed by atoms with van der Waals surface area (Å²) in [5.41, 5.74) is 5.87. The van der Waals surface area contributed by atoms with Crippen LogP contribution in [0.5, 0.6) is 0 Å². The Bertz CT molecular complexity index is 957. The van der Waals surface area contributed by atoms with Gasteiger partial charge in [0.15, 0.2) is 0 Å². The minimum Gasteiger partial charge on any atom is -0.469 e. The van der Waals surface area contributed by atoms with E-state index in [1.54, 1.807) is 30.3 Å². The molecule has 162 valence electrons. The number of nitrogens with two attached hydrogens (primary N) is 1. The quantitative estimate of drug-likeness (QED) is 0.561. The molecule has 0 spiro atoms. The first kappa shape index (κ1) is 21.7. The van der Waals surface area contributed by atoms with E-state index in [4.69, 9.17) is 5.73 Å². The molecule has 2 amide bonds. The van der Waals surface area contributed by atoms with E-state index in [2.05, 4.69) is 9.84 Å². The average Bonchev–Trinajstić information content (AvgIpc) is 3.20. The lowest BCUT2D eigenvalue weighted by molar-refractivity contribution is -0.146. The summed E-state index contributed by atoms with van der Waals surface area (Å²) in [6.45, 7) is 0.157. The lowest BCUT2D eigenvalue weighted by Crippen LogP contribution is -2.49. The number of benzene rings is 1. The summed E-state index contributed by atoms with van der Waals surface area (Å²) in [6.07, 6.45) is 0.485. The van der Waals surface area contributed by atoms with Crippen molar-refractivity contribution in [3.8, 4) is 0 Å². The van der Waals surface area contributed by atoms with Gasteiger partial charge in [0.2, 0.25) is 5.91 Å². The summed E-state index contributed by atoms with van der Waals surface area (Å²) in [4.78, 5) is 36.0. The van der Waals surface area contributed by atoms with Crippen LogP contribution in [0.15, 0.2) is 35.4 Å². The zero-order valence-corrected chi connectivity index (χ0v) is 17.2. The van der Waals surface area contributed by atoms with Crippen molar-refractivity contribution in [1.82, 2.24) is 9.03 Å². The predicted molar refractivity (Wildman–Crippen MR) is 107 cm³/mol. The molecule has 3 N–H and O–H groups in total. The molecule has 1 atom stereocenters. The van der Waals surface area contributed by atoms with Gasteiger partial charge in [0.1, 0.15) is 11.8 Å². The van der Waals surface area contributed by atoms with Gasteiger partial charge >= 0.3 is 16.2 Å². The maximum atomic E-state index is 12.6. The fourth-order valence-electron chi connectivity index (χ4n) is 3.43. The van der Waals surface area contributed by atoms with Crippen molar-refractivity contribution in [1.29, 1.82) is 0 Å². The molecule has 0 bridgehead atoms. The number of hydrazone groups is 1. The van der Waals surface area contributed by atoms with Gasteiger partial charge in [-0.15, -0.1) is 0 Å². The van der Waals surface area contributed by atoms with Gasteiger partial charge in [-0.3, -0.25) is 19.4 Å². The second kappa shape index (κ2) is 8.79. The summed E-state index contributed by atoms with van der Waals surface area (Å²) < 4.78 is 32.9. The molecule has 1 unspecified atom stereocenters. The smallest absolute Gasteiger partial charge is 0.308 e. The average molecular weight is 437 g/mol. The van der Waals surface area contributed by atoms with Gasteiger partial charge in [0, 0.05) is 19.5 Å². The maximum absolute atomic E-state index is 12.6. The fourth-order valence-corrected chi connectivity index (χ4v) is 4.60. The Labute approximate surface area is 174 Å². The summed E-state index contributed by atoms with van der Waals surface area (Å²) in [7, 11) is -2.85. The van der Waals surface area contributed by atoms with Crippen molar-refractivity contribution >= 4 is 39.4 Å². The number of carbonyl (C=O) groups excluding carboxylic acids is 3. The van der Waals surface area contributed by atoms with Crippen LogP contribution in [-0.2, 0) is 29.3 Å². The van der Waals surface area contributed by atoms with Gasteiger partial charge in [-0.05, 0) is 25.0 Å². The number of nitrogens with one attached hydrogen (secondary N) is 1. The number of carbonyl (C=O) groups is 3. The van der Waals surface area contributed by atoms with Crippen molar-refractivity contribution in [3.05, 3.63) is 30.3 Å². The van der Waals surface area contributed by atoms with E-state index in [0.29, 0.717) is 18.5 Å². The van der Waals surface area contributed by atoms with Crippen LogP contribution < -0.4 is 15.5 Å². The Morgan fingerprint density at radius 1 is 1.17 bits per heavy atom. The maximum Gasteiger partial charge on any atom is 0.308 e. The fraction of sp³-hybridized carbons (Fsp3) is 0.444. The van der Waals surface area contributed by atoms with Gasteiger partial charge in [-0.25, -0.2) is 4.72 Å². The molecule has 2 aliphatic heterocycles. The first-order valence-corrected chi connectivity index (χ1v) is 10.8. The Morgan fingerprint density at radius 2 is 1.80 bits per heavy atom. The highest BCUT2D eigenvalue weighted by molar-refractivity contribution is 7.87. The Kier molecular flexibility index (Phi) is 6.37. The molecule has 2 heterocycles. The van der Waals surface area contributed by atoms with Gasteiger partial charge in [0.25, 0.3) is 5.91 Å². The highest BCUT2D eigenvalue weighted by Gasteiger charge is 2.38. The molecule has 0 radical (unpaired) electrons. The summed E-state index contributed by atoms with van der Waals surface area (Å²) in [5, 5.41) is 5.44. The number of nitrogens with zero attached hydrogens (tertiary/aromatic N) is 3. The van der Waals surface area contributed by atoms with Crippen LogP contribution in [0, 0.1) is 5.92 Å². The van der Waals surface area contributed by atoms with E-state index >= 15 is 0 Å². The van der Waals surface area contributed by atoms with Crippen molar-refractivity contribution in [2.24, 2.45) is 16.8 Å². The molecule has 3 rings (SSSR count). The number of hydrogen-bond donors (Lipinski definition) is 2. The molecule has 0 saturated carbocycles. The third-order valence-electron chi connectivity index (χ3n) is 5.07. The second-order valence-electron chi connectivity index (χ2n) is 6.98. The van der Waals surface area contributed by atoms with Crippen LogP contribution in [0.25, 0.3) is 0 Å². The lowest BCUT2D eigenvalue weighted by atomic mass is 9.99. The number of amides is 2. The van der Waals surface area contributed by atoms with E-state index in [9.17, 15) is 22.8 Å². The number of piperidine rings is 1. The zero-order valence-electron chi connectivity index (χ0n) is 16.4. The van der Waals surface area contributed by atoms with Gasteiger partial charge < -0.3 is 10.5 Å². The minimum atomic E-state index is -4.13. The van der Waals surface area contributed by atoms with Crippen LogP contribution in [-0.4, -0.2) is 62.5 Å². The van der Waals surface area contributed by atoms with E-state index in [-0.39, 0.29) is 37.1 Å². The first-order valence-electron chi connectivity index (χ1n) is 9.34. The van der Waals surface area contributed by atoms with E-state index < -0.39 is 28.1 Å². The Hall–Kier alpha value is -2.99. The van der Waals surface area contributed by atoms with Gasteiger partial charge in [-0.1, -0.05) is 18.2 Å².